The van der Waals surface area contributed by atoms with E-state index in [-0.39, 0.29) is 19.6 Å². The van der Waals surface area contributed by atoms with Crippen molar-refractivity contribution >= 4 is 16.4 Å². The van der Waals surface area contributed by atoms with Crippen LogP contribution in [0.3, 0.4) is 0 Å². The number of rotatable bonds is 55. The molecule has 0 amide bonds. The fourth-order valence-electron chi connectivity index (χ4n) is 9.36. The molecular formula is C65H114O12S. The van der Waals surface area contributed by atoms with Crippen LogP contribution in [0, 0.1) is 0 Å². The van der Waals surface area contributed by atoms with Gasteiger partial charge in [0.25, 0.3) is 0 Å². The molecule has 1 aliphatic heterocycles. The second kappa shape index (κ2) is 54.8. The van der Waals surface area contributed by atoms with Crippen LogP contribution in [0.1, 0.15) is 258 Å². The average molecular weight is 1120 g/mol. The number of allylic oxidation sites excluding steroid dienone is 14. The molecule has 1 heterocycles. The maximum Gasteiger partial charge on any atom is 0.397 e. The number of carbonyl (C=O) groups is 1. The normalized spacial score (nSPS) is 19.0. The summed E-state index contributed by atoms with van der Waals surface area (Å²) in [7, 11) is -5.08. The van der Waals surface area contributed by atoms with Gasteiger partial charge in [0.05, 0.1) is 19.8 Å². The molecule has 1 saturated heterocycles. The van der Waals surface area contributed by atoms with Crippen LogP contribution in [0.5, 0.6) is 0 Å². The molecule has 452 valence electrons. The van der Waals surface area contributed by atoms with Crippen LogP contribution in [0.15, 0.2) is 85.1 Å². The van der Waals surface area contributed by atoms with Crippen molar-refractivity contribution in [3.8, 4) is 0 Å². The van der Waals surface area contributed by atoms with Gasteiger partial charge in [-0.1, -0.05) is 266 Å². The average Bonchev–Trinajstić information content (AvgIpc) is 3.42. The lowest BCUT2D eigenvalue weighted by molar-refractivity contribution is -0.301. The van der Waals surface area contributed by atoms with Gasteiger partial charge >= 0.3 is 16.4 Å². The molecule has 6 atom stereocenters. The Morgan fingerprint density at radius 3 is 1.29 bits per heavy atom. The largest absolute Gasteiger partial charge is 0.457 e. The standard InChI is InChI=1S/C65H114O12S/c1-3-5-7-9-11-13-15-17-19-21-23-25-27-29-31-33-35-37-39-41-43-45-47-49-51-53-55-73-57-59(58-74-65-63(69)64(77-78(70,71)72)62(68)60(56-66)76-65)75-61(67)54-52-50-48-46-44-42-40-38-36-34-32-30-28-26-24-22-20-18-16-14-12-10-8-6-4-2/h5,7,11,13,17,19,23,25,29,31,35,37,41,43,59-60,62-66,68-69H,3-4,6,8-10,12,14-16,18,20-22,24,26-28,30,32-34,36,38-40,42,44-58H2,1-2H3,(H,70,71,72)/b7-5-,13-11-,19-17-,25-23-,31-29-,37-35-,43-41-. The highest BCUT2D eigenvalue weighted by Gasteiger charge is 2.48. The Morgan fingerprint density at radius 1 is 0.500 bits per heavy atom. The lowest BCUT2D eigenvalue weighted by Crippen LogP contribution is -2.60. The fourth-order valence-corrected chi connectivity index (χ4v) is 9.87. The van der Waals surface area contributed by atoms with Crippen LogP contribution in [-0.2, 0) is 38.3 Å². The Morgan fingerprint density at radius 2 is 0.885 bits per heavy atom. The first kappa shape index (κ1) is 73.3. The lowest BCUT2D eigenvalue weighted by Gasteiger charge is -2.41. The zero-order valence-electron chi connectivity index (χ0n) is 49.2. The maximum absolute atomic E-state index is 13.0. The third-order valence-corrected chi connectivity index (χ3v) is 14.5. The van der Waals surface area contributed by atoms with Crippen molar-refractivity contribution in [1.82, 2.24) is 0 Å². The van der Waals surface area contributed by atoms with E-state index in [0.29, 0.717) is 13.0 Å². The van der Waals surface area contributed by atoms with Gasteiger partial charge in [-0.25, -0.2) is 4.18 Å². The molecule has 1 fully saturated rings. The maximum atomic E-state index is 13.0. The Balaban J connectivity index is 2.29. The quantitative estimate of drug-likeness (QED) is 0.0196. The Kier molecular flexibility index (Phi) is 51.5. The van der Waals surface area contributed by atoms with Crippen LogP contribution in [0.4, 0.5) is 0 Å². The number of unbranched alkanes of at least 4 members (excludes halogenated alkanes) is 28. The van der Waals surface area contributed by atoms with Gasteiger partial charge in [0.1, 0.15) is 30.5 Å². The summed E-state index contributed by atoms with van der Waals surface area (Å²) >= 11 is 0. The summed E-state index contributed by atoms with van der Waals surface area (Å²) in [6, 6.07) is 0. The molecule has 0 aliphatic carbocycles. The number of aliphatic hydroxyl groups is 3. The van der Waals surface area contributed by atoms with Gasteiger partial charge in [-0.2, -0.15) is 8.42 Å². The highest BCUT2D eigenvalue weighted by Crippen LogP contribution is 2.26. The summed E-state index contributed by atoms with van der Waals surface area (Å²) in [5.41, 5.74) is 0. The molecule has 1 aliphatic rings. The molecule has 12 nitrogen and oxygen atoms in total. The molecule has 4 N–H and O–H groups in total. The van der Waals surface area contributed by atoms with E-state index in [2.05, 4.69) is 103 Å². The van der Waals surface area contributed by atoms with Crippen LogP contribution in [0.2, 0.25) is 0 Å². The minimum atomic E-state index is -5.08. The molecule has 0 aromatic carbocycles. The first-order valence-corrected chi connectivity index (χ1v) is 32.7. The van der Waals surface area contributed by atoms with Gasteiger partial charge in [0.15, 0.2) is 6.29 Å². The first-order valence-electron chi connectivity index (χ1n) is 31.3. The third kappa shape index (κ3) is 47.0. The van der Waals surface area contributed by atoms with E-state index >= 15 is 0 Å². The molecular weight excluding hydrogens is 1000 g/mol. The molecule has 1 rings (SSSR count). The molecule has 78 heavy (non-hydrogen) atoms. The molecule has 0 aromatic rings. The van der Waals surface area contributed by atoms with E-state index in [0.717, 1.165) is 96.3 Å². The number of hydrogen-bond donors (Lipinski definition) is 4. The summed E-state index contributed by atoms with van der Waals surface area (Å²) < 4.78 is 59.5. The molecule has 0 saturated carbocycles. The van der Waals surface area contributed by atoms with Gasteiger partial charge in [-0.15, -0.1) is 0 Å². The van der Waals surface area contributed by atoms with Crippen molar-refractivity contribution in [3.05, 3.63) is 85.1 Å². The molecule has 0 aromatic heterocycles. The van der Waals surface area contributed by atoms with E-state index in [1.807, 2.05) is 0 Å². The van der Waals surface area contributed by atoms with E-state index in [9.17, 15) is 33.1 Å². The number of aliphatic hydroxyl groups excluding tert-OH is 3. The molecule has 0 radical (unpaired) electrons. The Hall–Kier alpha value is -2.72. The topological polar surface area (TPSA) is 178 Å². The van der Waals surface area contributed by atoms with Gasteiger partial charge < -0.3 is 34.3 Å². The van der Waals surface area contributed by atoms with Crippen molar-refractivity contribution in [2.24, 2.45) is 0 Å². The predicted octanol–water partition coefficient (Wildman–Crippen LogP) is 16.3. The van der Waals surface area contributed by atoms with E-state index in [1.165, 1.54) is 135 Å². The summed E-state index contributed by atoms with van der Waals surface area (Å²) in [4.78, 5) is 13.0. The van der Waals surface area contributed by atoms with Crippen LogP contribution < -0.4 is 0 Å². The summed E-state index contributed by atoms with van der Waals surface area (Å²) in [6.45, 7) is 3.85. The Bertz CT molecular complexity index is 1670. The number of hydrogen-bond acceptors (Lipinski definition) is 11. The number of ether oxygens (including phenoxy) is 4. The smallest absolute Gasteiger partial charge is 0.397 e. The van der Waals surface area contributed by atoms with Crippen molar-refractivity contribution in [3.63, 3.8) is 0 Å². The third-order valence-electron chi connectivity index (χ3n) is 14.0. The van der Waals surface area contributed by atoms with E-state index in [1.54, 1.807) is 0 Å². The molecule has 0 bridgehead atoms. The number of esters is 1. The highest BCUT2D eigenvalue weighted by molar-refractivity contribution is 7.80. The second-order valence-corrected chi connectivity index (χ2v) is 22.3. The second-order valence-electron chi connectivity index (χ2n) is 21.3. The summed E-state index contributed by atoms with van der Waals surface area (Å²) in [5, 5.41) is 30.9. The fraction of sp³-hybridized carbons (Fsp3) is 0.769. The Labute approximate surface area is 476 Å². The SMILES string of the molecule is CC/C=C\C/C=C\C/C=C\C/C=C\C/C=C\C/C=C\C/C=C\CCCCCCOCC(COC1OC(CO)C(O)C(OS(=O)(=O)O)C1O)OC(=O)CCCCCCCCCCCCCCCCCCCCCCCCCCC. The number of carbonyl (C=O) groups excluding carboxylic acids is 1. The van der Waals surface area contributed by atoms with Crippen molar-refractivity contribution in [2.45, 2.75) is 295 Å². The van der Waals surface area contributed by atoms with Crippen molar-refractivity contribution in [2.75, 3.05) is 26.4 Å². The molecule has 0 spiro atoms. The van der Waals surface area contributed by atoms with Crippen LogP contribution in [0.25, 0.3) is 0 Å². The van der Waals surface area contributed by atoms with Gasteiger partial charge in [0, 0.05) is 13.0 Å². The minimum absolute atomic E-state index is 0.0162. The minimum Gasteiger partial charge on any atom is -0.457 e. The monoisotopic (exact) mass is 1120 g/mol. The van der Waals surface area contributed by atoms with Gasteiger partial charge in [-0.3, -0.25) is 9.35 Å². The summed E-state index contributed by atoms with van der Waals surface area (Å²) in [5.74, 6) is -0.406. The zero-order chi connectivity index (χ0) is 56.7. The van der Waals surface area contributed by atoms with E-state index < -0.39 is 59.8 Å². The van der Waals surface area contributed by atoms with Crippen molar-refractivity contribution < 1.29 is 56.2 Å². The highest BCUT2D eigenvalue weighted by atomic mass is 32.3. The van der Waals surface area contributed by atoms with Gasteiger partial charge in [-0.05, 0) is 70.6 Å². The molecule has 6 unspecified atom stereocenters. The zero-order valence-corrected chi connectivity index (χ0v) is 50.0. The predicted molar refractivity (Wildman–Crippen MR) is 322 cm³/mol. The van der Waals surface area contributed by atoms with Crippen molar-refractivity contribution in [1.29, 1.82) is 0 Å². The first-order chi connectivity index (χ1) is 38.1. The lowest BCUT2D eigenvalue weighted by atomic mass is 9.99. The van der Waals surface area contributed by atoms with Crippen LogP contribution in [-0.4, -0.2) is 97.5 Å². The molecule has 13 heteroatoms. The van der Waals surface area contributed by atoms with Gasteiger partial charge in [0.2, 0.25) is 0 Å². The van der Waals surface area contributed by atoms with E-state index in [4.69, 9.17) is 18.9 Å². The summed E-state index contributed by atoms with van der Waals surface area (Å²) in [6.07, 6.45) is 66.3. The van der Waals surface area contributed by atoms with Crippen LogP contribution >= 0.6 is 0 Å².